The number of pyridine rings is 1. The van der Waals surface area contributed by atoms with Gasteiger partial charge >= 0.3 is 5.97 Å². The highest BCUT2D eigenvalue weighted by atomic mass is 32.2. The number of carbonyl (C=O) groups excluding carboxylic acids is 1. The van der Waals surface area contributed by atoms with E-state index < -0.39 is 5.97 Å². The molecule has 0 saturated heterocycles. The Morgan fingerprint density at radius 3 is 2.94 bits per heavy atom. The van der Waals surface area contributed by atoms with E-state index >= 15 is 0 Å². The van der Waals surface area contributed by atoms with Crippen LogP contribution in [0.5, 0.6) is 0 Å². The second-order valence-corrected chi connectivity index (χ2v) is 4.47. The van der Waals surface area contributed by atoms with Crippen molar-refractivity contribution < 1.29 is 19.4 Å². The fraction of sp³-hybridized carbons (Fsp3) is 0.364. The molecule has 0 aromatic carbocycles. The highest BCUT2D eigenvalue weighted by Crippen LogP contribution is 2.09. The Labute approximate surface area is 109 Å². The fourth-order valence-electron chi connectivity index (χ4n) is 1.13. The number of thioether (sulfide) groups is 1. The summed E-state index contributed by atoms with van der Waals surface area (Å²) in [7, 11) is 1.60. The van der Waals surface area contributed by atoms with Crippen LogP contribution < -0.4 is 5.32 Å². The van der Waals surface area contributed by atoms with Crippen LogP contribution in [0.3, 0.4) is 0 Å². The van der Waals surface area contributed by atoms with E-state index in [0.29, 0.717) is 18.0 Å². The summed E-state index contributed by atoms with van der Waals surface area (Å²) in [6.45, 7) is 0.591. The standard InChI is InChI=1S/C11H14N2O4S/c1-17-2-3-18-7-10(14)13-9-4-8(11(15)16)5-12-6-9/h4-6H,2-3,7H2,1H3,(H,13,14)(H,15,16). The van der Waals surface area contributed by atoms with Crippen molar-refractivity contribution in [2.75, 3.05) is 30.5 Å². The van der Waals surface area contributed by atoms with Gasteiger partial charge in [-0.05, 0) is 6.07 Å². The Kier molecular flexibility index (Phi) is 6.16. The lowest BCUT2D eigenvalue weighted by molar-refractivity contribution is -0.113. The van der Waals surface area contributed by atoms with E-state index in [1.54, 1.807) is 7.11 Å². The quantitative estimate of drug-likeness (QED) is 0.721. The molecule has 0 aliphatic carbocycles. The Morgan fingerprint density at radius 1 is 1.50 bits per heavy atom. The summed E-state index contributed by atoms with van der Waals surface area (Å²) in [6.07, 6.45) is 2.63. The van der Waals surface area contributed by atoms with Crippen molar-refractivity contribution in [3.8, 4) is 0 Å². The van der Waals surface area contributed by atoms with Gasteiger partial charge in [0.1, 0.15) is 0 Å². The Morgan fingerprint density at radius 2 is 2.28 bits per heavy atom. The molecule has 1 heterocycles. The number of hydrogen-bond donors (Lipinski definition) is 2. The monoisotopic (exact) mass is 270 g/mol. The molecule has 0 bridgehead atoms. The van der Waals surface area contributed by atoms with Gasteiger partial charge in [-0.1, -0.05) is 0 Å². The molecule has 0 aliphatic heterocycles. The molecule has 7 heteroatoms. The first kappa shape index (κ1) is 14.5. The number of amides is 1. The summed E-state index contributed by atoms with van der Waals surface area (Å²) in [4.78, 5) is 26.0. The second kappa shape index (κ2) is 7.67. The van der Waals surface area contributed by atoms with Crippen molar-refractivity contribution in [1.29, 1.82) is 0 Å². The first-order valence-electron chi connectivity index (χ1n) is 5.18. The Balaban J connectivity index is 2.44. The van der Waals surface area contributed by atoms with Crippen molar-refractivity contribution >= 4 is 29.3 Å². The normalized spacial score (nSPS) is 10.1. The van der Waals surface area contributed by atoms with Crippen LogP contribution in [0.25, 0.3) is 0 Å². The first-order chi connectivity index (χ1) is 8.63. The maximum Gasteiger partial charge on any atom is 0.337 e. The maximum absolute atomic E-state index is 11.5. The summed E-state index contributed by atoms with van der Waals surface area (Å²) in [5.74, 6) is -0.244. The van der Waals surface area contributed by atoms with E-state index in [1.165, 1.54) is 30.2 Å². The SMILES string of the molecule is COCCSCC(=O)Nc1cncc(C(=O)O)c1. The molecular formula is C11H14N2O4S. The molecule has 2 N–H and O–H groups in total. The van der Waals surface area contributed by atoms with Crippen LogP contribution in [-0.2, 0) is 9.53 Å². The van der Waals surface area contributed by atoms with Crippen LogP contribution in [0.2, 0.25) is 0 Å². The Bertz CT molecular complexity index is 425. The number of aromatic nitrogens is 1. The summed E-state index contributed by atoms with van der Waals surface area (Å²) < 4.78 is 4.86. The third-order valence-corrected chi connectivity index (χ3v) is 2.86. The van der Waals surface area contributed by atoms with Gasteiger partial charge in [-0.15, -0.1) is 11.8 Å². The van der Waals surface area contributed by atoms with E-state index in [0.717, 1.165) is 5.75 Å². The van der Waals surface area contributed by atoms with Gasteiger partial charge in [0.2, 0.25) is 5.91 Å². The zero-order valence-electron chi connectivity index (χ0n) is 9.88. The van der Waals surface area contributed by atoms with Gasteiger partial charge in [0.15, 0.2) is 0 Å². The van der Waals surface area contributed by atoms with Crippen molar-refractivity contribution in [2.24, 2.45) is 0 Å². The van der Waals surface area contributed by atoms with E-state index in [1.807, 2.05) is 0 Å². The highest BCUT2D eigenvalue weighted by molar-refractivity contribution is 7.99. The van der Waals surface area contributed by atoms with Gasteiger partial charge in [-0.25, -0.2) is 4.79 Å². The van der Waals surface area contributed by atoms with Gasteiger partial charge in [0.25, 0.3) is 0 Å². The average molecular weight is 270 g/mol. The van der Waals surface area contributed by atoms with Gasteiger partial charge in [0.05, 0.1) is 29.8 Å². The third kappa shape index (κ3) is 5.15. The van der Waals surface area contributed by atoms with E-state index in [9.17, 15) is 9.59 Å². The number of carboxylic acid groups (broad SMARTS) is 1. The first-order valence-corrected chi connectivity index (χ1v) is 6.34. The number of carboxylic acids is 1. The minimum absolute atomic E-state index is 0.0415. The number of anilines is 1. The lowest BCUT2D eigenvalue weighted by atomic mass is 10.2. The number of ether oxygens (including phenoxy) is 1. The molecule has 0 radical (unpaired) electrons. The number of aromatic carboxylic acids is 1. The Hall–Kier alpha value is -1.60. The lowest BCUT2D eigenvalue weighted by Crippen LogP contribution is -2.15. The molecule has 0 saturated carbocycles. The minimum atomic E-state index is -1.08. The molecule has 0 atom stereocenters. The molecule has 0 spiro atoms. The molecule has 98 valence electrons. The smallest absolute Gasteiger partial charge is 0.337 e. The molecule has 1 rings (SSSR count). The van der Waals surface area contributed by atoms with Gasteiger partial charge < -0.3 is 15.2 Å². The van der Waals surface area contributed by atoms with Crippen molar-refractivity contribution in [2.45, 2.75) is 0 Å². The van der Waals surface area contributed by atoms with Crippen molar-refractivity contribution in [3.63, 3.8) is 0 Å². The molecule has 18 heavy (non-hydrogen) atoms. The number of nitrogens with zero attached hydrogens (tertiary/aromatic N) is 1. The van der Waals surface area contributed by atoms with Gasteiger partial charge in [-0.3, -0.25) is 9.78 Å². The van der Waals surface area contributed by atoms with Crippen LogP contribution in [0.15, 0.2) is 18.5 Å². The fourth-order valence-corrected chi connectivity index (χ4v) is 1.82. The number of carbonyl (C=O) groups is 2. The van der Waals surface area contributed by atoms with Crippen LogP contribution in [0.4, 0.5) is 5.69 Å². The summed E-state index contributed by atoms with van der Waals surface area (Å²) >= 11 is 1.44. The van der Waals surface area contributed by atoms with E-state index in [2.05, 4.69) is 10.3 Å². The zero-order valence-corrected chi connectivity index (χ0v) is 10.7. The van der Waals surface area contributed by atoms with Crippen LogP contribution in [-0.4, -0.2) is 47.2 Å². The predicted molar refractivity (Wildman–Crippen MR) is 69.0 cm³/mol. The lowest BCUT2D eigenvalue weighted by Gasteiger charge is -2.05. The van der Waals surface area contributed by atoms with Crippen molar-refractivity contribution in [3.05, 3.63) is 24.0 Å². The minimum Gasteiger partial charge on any atom is -0.478 e. The molecule has 0 aliphatic rings. The number of hydrogen-bond acceptors (Lipinski definition) is 5. The van der Waals surface area contributed by atoms with Crippen molar-refractivity contribution in [1.82, 2.24) is 4.98 Å². The summed E-state index contributed by atoms with van der Waals surface area (Å²) in [5.41, 5.74) is 0.423. The largest absolute Gasteiger partial charge is 0.478 e. The molecule has 1 aromatic heterocycles. The average Bonchev–Trinajstić information content (AvgIpc) is 2.35. The van der Waals surface area contributed by atoms with Crippen LogP contribution in [0, 0.1) is 0 Å². The molecule has 0 unspecified atom stereocenters. The van der Waals surface area contributed by atoms with Gasteiger partial charge in [0, 0.05) is 19.1 Å². The van der Waals surface area contributed by atoms with Crippen LogP contribution in [0.1, 0.15) is 10.4 Å². The predicted octanol–water partition coefficient (Wildman–Crippen LogP) is 1.10. The number of nitrogens with one attached hydrogen (secondary N) is 1. The molecule has 0 fully saturated rings. The second-order valence-electron chi connectivity index (χ2n) is 3.36. The number of methoxy groups -OCH3 is 1. The zero-order chi connectivity index (χ0) is 13.4. The third-order valence-electron chi connectivity index (χ3n) is 1.93. The van der Waals surface area contributed by atoms with E-state index in [4.69, 9.17) is 9.84 Å². The molecule has 1 amide bonds. The summed E-state index contributed by atoms with van der Waals surface area (Å²) in [6, 6.07) is 1.37. The van der Waals surface area contributed by atoms with Gasteiger partial charge in [-0.2, -0.15) is 0 Å². The molecule has 1 aromatic rings. The number of rotatable bonds is 7. The highest BCUT2D eigenvalue weighted by Gasteiger charge is 2.07. The van der Waals surface area contributed by atoms with E-state index in [-0.39, 0.29) is 11.5 Å². The maximum atomic E-state index is 11.5. The molecule has 6 nitrogen and oxygen atoms in total. The summed E-state index contributed by atoms with van der Waals surface area (Å²) in [5, 5.41) is 11.4. The van der Waals surface area contributed by atoms with Crippen LogP contribution >= 0.6 is 11.8 Å². The topological polar surface area (TPSA) is 88.5 Å². The molecular weight excluding hydrogens is 256 g/mol.